The number of anilines is 1. The molecule has 0 bridgehead atoms. The fourth-order valence-corrected chi connectivity index (χ4v) is 1.73. The van der Waals surface area contributed by atoms with Crippen LogP contribution in [0.4, 0.5) is 10.5 Å². The van der Waals surface area contributed by atoms with Crippen molar-refractivity contribution in [2.75, 3.05) is 11.9 Å². The van der Waals surface area contributed by atoms with Gasteiger partial charge in [0.1, 0.15) is 6.61 Å². The van der Waals surface area contributed by atoms with Gasteiger partial charge in [0.25, 0.3) is 0 Å². The molecule has 2 rings (SSSR count). The molecule has 0 aliphatic heterocycles. The van der Waals surface area contributed by atoms with Gasteiger partial charge in [-0.3, -0.25) is 5.32 Å². The Morgan fingerprint density at radius 1 is 1.21 bits per heavy atom. The molecule has 0 heterocycles. The van der Waals surface area contributed by atoms with Crippen molar-refractivity contribution in [2.45, 2.75) is 19.4 Å². The van der Waals surface area contributed by atoms with Gasteiger partial charge < -0.3 is 10.5 Å². The van der Waals surface area contributed by atoms with Gasteiger partial charge in [-0.25, -0.2) is 4.79 Å². The van der Waals surface area contributed by atoms with Crippen LogP contribution >= 0.6 is 0 Å². The van der Waals surface area contributed by atoms with Crippen molar-refractivity contribution in [1.82, 2.24) is 0 Å². The van der Waals surface area contributed by atoms with Gasteiger partial charge in [0.15, 0.2) is 0 Å². The summed E-state index contributed by atoms with van der Waals surface area (Å²) in [7, 11) is 0. The third-order valence-electron chi connectivity index (χ3n) is 2.60. The summed E-state index contributed by atoms with van der Waals surface area (Å²) in [6.07, 6.45) is -0.491. The molecule has 0 saturated heterocycles. The number of carbonyl (C=O) groups is 1. The van der Waals surface area contributed by atoms with Gasteiger partial charge in [-0.2, -0.15) is 0 Å². The zero-order chi connectivity index (χ0) is 13.9. The third kappa shape index (κ3) is 3.69. The minimum atomic E-state index is -0.532. The van der Waals surface area contributed by atoms with Gasteiger partial charge in [0, 0.05) is 10.9 Å². The fourth-order valence-electron chi connectivity index (χ4n) is 1.73. The van der Waals surface area contributed by atoms with E-state index in [-0.39, 0.29) is 6.61 Å². The molecule has 3 N–H and O–H groups in total. The van der Waals surface area contributed by atoms with Crippen LogP contribution in [0.1, 0.15) is 13.8 Å². The highest BCUT2D eigenvalue weighted by Gasteiger charge is 2.14. The maximum atomic E-state index is 11.7. The maximum absolute atomic E-state index is 11.7. The number of hydrogen-bond donors (Lipinski definition) is 2. The van der Waals surface area contributed by atoms with Crippen LogP contribution in [-0.4, -0.2) is 18.2 Å². The predicted octanol–water partition coefficient (Wildman–Crippen LogP) is 3.13. The van der Waals surface area contributed by atoms with Crippen LogP contribution in [0.15, 0.2) is 42.5 Å². The van der Waals surface area contributed by atoms with Crippen LogP contribution in [0.5, 0.6) is 0 Å². The van der Waals surface area contributed by atoms with Gasteiger partial charge in [0.2, 0.25) is 0 Å². The lowest BCUT2D eigenvalue weighted by Gasteiger charge is -2.18. The first-order valence-corrected chi connectivity index (χ1v) is 6.16. The van der Waals surface area contributed by atoms with Crippen LogP contribution in [-0.2, 0) is 4.74 Å². The smallest absolute Gasteiger partial charge is 0.411 e. The summed E-state index contributed by atoms with van der Waals surface area (Å²) in [4.78, 5) is 11.7. The summed E-state index contributed by atoms with van der Waals surface area (Å²) in [6, 6.07) is 13.6. The van der Waals surface area contributed by atoms with E-state index >= 15 is 0 Å². The first-order valence-electron chi connectivity index (χ1n) is 6.16. The summed E-state index contributed by atoms with van der Waals surface area (Å²) in [5, 5.41) is 4.79. The topological polar surface area (TPSA) is 64.3 Å². The van der Waals surface area contributed by atoms with E-state index in [4.69, 9.17) is 10.5 Å². The molecule has 0 aliphatic carbocycles. The normalized spacial score (nSPS) is 11.3. The molecule has 0 radical (unpaired) electrons. The molecule has 0 atom stereocenters. The van der Waals surface area contributed by atoms with Crippen LogP contribution in [0.3, 0.4) is 0 Å². The summed E-state index contributed by atoms with van der Waals surface area (Å²) in [5.74, 6) is 0. The van der Waals surface area contributed by atoms with Crippen molar-refractivity contribution in [3.05, 3.63) is 42.5 Å². The molecule has 2 aromatic rings. The van der Waals surface area contributed by atoms with E-state index in [0.717, 1.165) is 16.5 Å². The second-order valence-electron chi connectivity index (χ2n) is 5.22. The molecular formula is C15H18N2O2. The molecule has 0 aromatic heterocycles. The molecule has 0 spiro atoms. The molecule has 0 fully saturated rings. The minimum Gasteiger partial charge on any atom is -0.447 e. The lowest BCUT2D eigenvalue weighted by molar-refractivity contribution is 0.138. The van der Waals surface area contributed by atoms with Crippen molar-refractivity contribution in [1.29, 1.82) is 0 Å². The maximum Gasteiger partial charge on any atom is 0.411 e. The van der Waals surface area contributed by atoms with Crippen molar-refractivity contribution < 1.29 is 9.53 Å². The lowest BCUT2D eigenvalue weighted by Crippen LogP contribution is -2.38. The van der Waals surface area contributed by atoms with E-state index in [2.05, 4.69) is 5.32 Å². The first kappa shape index (κ1) is 13.4. The second-order valence-corrected chi connectivity index (χ2v) is 5.22. The molecular weight excluding hydrogens is 240 g/mol. The van der Waals surface area contributed by atoms with Gasteiger partial charge >= 0.3 is 6.09 Å². The summed E-state index contributed by atoms with van der Waals surface area (Å²) < 4.78 is 5.08. The molecule has 1 amide bonds. The van der Waals surface area contributed by atoms with Crippen molar-refractivity contribution in [2.24, 2.45) is 5.73 Å². The van der Waals surface area contributed by atoms with Crippen molar-refractivity contribution in [3.8, 4) is 0 Å². The van der Waals surface area contributed by atoms with Crippen LogP contribution in [0.2, 0.25) is 0 Å². The number of benzene rings is 2. The number of amides is 1. The molecule has 0 aliphatic rings. The Labute approximate surface area is 112 Å². The SMILES string of the molecule is CC(C)(N)COC(=O)Nc1cccc2ccccc12. The molecule has 19 heavy (non-hydrogen) atoms. The molecule has 0 saturated carbocycles. The summed E-state index contributed by atoms with van der Waals surface area (Å²) in [6.45, 7) is 3.78. The molecule has 0 unspecified atom stereocenters. The lowest BCUT2D eigenvalue weighted by atomic mass is 10.1. The van der Waals surface area contributed by atoms with Crippen LogP contribution in [0, 0.1) is 0 Å². The zero-order valence-corrected chi connectivity index (χ0v) is 11.1. The number of carbonyl (C=O) groups excluding carboxylic acids is 1. The standard InChI is InChI=1S/C15H18N2O2/c1-15(2,16)10-19-14(18)17-13-9-5-7-11-6-3-4-8-12(11)13/h3-9H,10,16H2,1-2H3,(H,17,18). The number of nitrogens with two attached hydrogens (primary N) is 1. The Hall–Kier alpha value is -2.07. The quantitative estimate of drug-likeness (QED) is 0.889. The fraction of sp³-hybridized carbons (Fsp3) is 0.267. The average Bonchev–Trinajstić information content (AvgIpc) is 2.36. The van der Waals surface area contributed by atoms with E-state index in [1.54, 1.807) is 13.8 Å². The Morgan fingerprint density at radius 3 is 2.63 bits per heavy atom. The van der Waals surface area contributed by atoms with Crippen molar-refractivity contribution in [3.63, 3.8) is 0 Å². The van der Waals surface area contributed by atoms with E-state index in [1.807, 2.05) is 42.5 Å². The largest absolute Gasteiger partial charge is 0.447 e. The molecule has 4 nitrogen and oxygen atoms in total. The van der Waals surface area contributed by atoms with E-state index < -0.39 is 11.6 Å². The van der Waals surface area contributed by atoms with Gasteiger partial charge in [0.05, 0.1) is 5.69 Å². The van der Waals surface area contributed by atoms with Crippen LogP contribution in [0.25, 0.3) is 10.8 Å². The highest BCUT2D eigenvalue weighted by atomic mass is 16.5. The predicted molar refractivity (Wildman–Crippen MR) is 77.2 cm³/mol. The Balaban J connectivity index is 2.11. The molecule has 100 valence electrons. The number of fused-ring (bicyclic) bond motifs is 1. The van der Waals surface area contributed by atoms with Gasteiger partial charge in [-0.05, 0) is 25.3 Å². The molecule has 4 heteroatoms. The second kappa shape index (κ2) is 5.28. The first-order chi connectivity index (χ1) is 8.96. The number of rotatable bonds is 3. The Morgan fingerprint density at radius 2 is 1.89 bits per heavy atom. The summed E-state index contributed by atoms with van der Waals surface area (Å²) >= 11 is 0. The van der Waals surface area contributed by atoms with Gasteiger partial charge in [-0.15, -0.1) is 0 Å². The minimum absolute atomic E-state index is 0.170. The average molecular weight is 258 g/mol. The van der Waals surface area contributed by atoms with E-state index in [1.165, 1.54) is 0 Å². The highest BCUT2D eigenvalue weighted by Crippen LogP contribution is 2.23. The Bertz CT molecular complexity index is 583. The number of nitrogens with one attached hydrogen (secondary N) is 1. The molecule has 2 aromatic carbocycles. The van der Waals surface area contributed by atoms with Crippen molar-refractivity contribution >= 4 is 22.6 Å². The van der Waals surface area contributed by atoms with E-state index in [0.29, 0.717) is 0 Å². The number of ether oxygens (including phenoxy) is 1. The van der Waals surface area contributed by atoms with E-state index in [9.17, 15) is 4.79 Å². The third-order valence-corrected chi connectivity index (χ3v) is 2.60. The monoisotopic (exact) mass is 258 g/mol. The summed E-state index contributed by atoms with van der Waals surface area (Å²) in [5.41, 5.74) is 5.97. The van der Waals surface area contributed by atoms with Crippen LogP contribution < -0.4 is 11.1 Å². The number of hydrogen-bond acceptors (Lipinski definition) is 3. The Kier molecular flexibility index (Phi) is 3.71. The van der Waals surface area contributed by atoms with Gasteiger partial charge in [-0.1, -0.05) is 36.4 Å². The zero-order valence-electron chi connectivity index (χ0n) is 11.1. The highest BCUT2D eigenvalue weighted by molar-refractivity contribution is 6.00.